The number of carbonyl (C=O) groups excluding carboxylic acids is 1. The molecule has 2 heterocycles. The topological polar surface area (TPSA) is 126 Å². The highest BCUT2D eigenvalue weighted by atomic mass is 32.2. The maximum Gasteiger partial charge on any atom is 0.416 e. The molecule has 0 saturated carbocycles. The molecule has 2 aliphatic rings. The van der Waals surface area contributed by atoms with Crippen molar-refractivity contribution in [2.24, 2.45) is 5.14 Å². The fourth-order valence-electron chi connectivity index (χ4n) is 5.39. The summed E-state index contributed by atoms with van der Waals surface area (Å²) in [5, 5.41) is 15.4. The number of rotatable bonds is 9. The molecule has 0 aromatic heterocycles. The van der Waals surface area contributed by atoms with E-state index in [9.17, 15) is 31.5 Å². The molecule has 2 saturated heterocycles. The number of benzene rings is 2. The number of phenols is 1. The van der Waals surface area contributed by atoms with Crippen molar-refractivity contribution in [2.75, 3.05) is 66.1 Å². The molecule has 2 unspecified atom stereocenters. The van der Waals surface area contributed by atoms with Gasteiger partial charge >= 0.3 is 6.18 Å². The lowest BCUT2D eigenvalue weighted by molar-refractivity contribution is -0.137. The fourth-order valence-corrected chi connectivity index (χ4v) is 5.97. The number of morpholine rings is 1. The van der Waals surface area contributed by atoms with Gasteiger partial charge in [0.25, 0.3) is 5.91 Å². The third-order valence-electron chi connectivity index (χ3n) is 7.69. The molecule has 2 aromatic rings. The van der Waals surface area contributed by atoms with Gasteiger partial charge in [-0.1, -0.05) is 12.1 Å². The zero-order valence-corrected chi connectivity index (χ0v) is 24.5. The molecule has 4 rings (SSSR count). The van der Waals surface area contributed by atoms with E-state index >= 15 is 0 Å². The minimum atomic E-state index is -4.88. The number of aromatic hydroxyl groups is 1. The van der Waals surface area contributed by atoms with E-state index in [1.54, 1.807) is 26.2 Å². The number of hydrogen-bond acceptors (Lipinski definition) is 8. The van der Waals surface area contributed by atoms with Crippen molar-refractivity contribution in [3.05, 3.63) is 58.7 Å². The summed E-state index contributed by atoms with van der Waals surface area (Å²) in [4.78, 5) is 18.9. The van der Waals surface area contributed by atoms with E-state index in [1.165, 1.54) is 4.90 Å². The molecule has 0 aliphatic carbocycles. The van der Waals surface area contributed by atoms with E-state index in [-0.39, 0.29) is 18.4 Å². The Bertz CT molecular complexity index is 1370. The Hall–Kier alpha value is -2.75. The summed E-state index contributed by atoms with van der Waals surface area (Å²) in [6, 6.07) is 6.74. The van der Waals surface area contributed by atoms with Crippen LogP contribution in [0.15, 0.2) is 41.3 Å². The Balaban J connectivity index is 1.57. The van der Waals surface area contributed by atoms with E-state index < -0.39 is 44.2 Å². The lowest BCUT2D eigenvalue weighted by atomic mass is 9.99. The standard InChI is InChI=1S/C28H37F3N4O6S/c1-19-3-4-20(12-26(19)36)11-23-16-33(5-6-34-9-10-41-24(17-34)18-40-2)7-8-35(23)27(37)21-13-22(28(29,30)31)15-25(14-21)42(32,38)39/h3-4,12-15,23-24,36H,5-11,16-18H2,1-2H3,(H2,32,38,39). The van der Waals surface area contributed by atoms with Gasteiger partial charge in [-0.25, -0.2) is 13.6 Å². The number of ether oxygens (including phenoxy) is 2. The lowest BCUT2D eigenvalue weighted by Crippen LogP contribution is -2.57. The number of carbonyl (C=O) groups is 1. The van der Waals surface area contributed by atoms with E-state index in [1.807, 2.05) is 6.07 Å². The Morgan fingerprint density at radius 1 is 1.10 bits per heavy atom. The Kier molecular flexibility index (Phi) is 10.2. The monoisotopic (exact) mass is 614 g/mol. The van der Waals surface area contributed by atoms with Crippen molar-refractivity contribution < 1.29 is 41.0 Å². The van der Waals surface area contributed by atoms with Crippen molar-refractivity contribution in [3.8, 4) is 5.75 Å². The largest absolute Gasteiger partial charge is 0.508 e. The van der Waals surface area contributed by atoms with Crippen molar-refractivity contribution in [2.45, 2.75) is 36.6 Å². The van der Waals surface area contributed by atoms with Gasteiger partial charge in [-0.2, -0.15) is 13.2 Å². The van der Waals surface area contributed by atoms with Gasteiger partial charge in [-0.05, 0) is 48.7 Å². The first kappa shape index (κ1) is 32.2. The van der Waals surface area contributed by atoms with Crippen molar-refractivity contribution in [3.63, 3.8) is 0 Å². The smallest absolute Gasteiger partial charge is 0.416 e. The highest BCUT2D eigenvalue weighted by molar-refractivity contribution is 7.89. The van der Waals surface area contributed by atoms with Gasteiger partial charge in [0, 0.05) is 64.5 Å². The highest BCUT2D eigenvalue weighted by Gasteiger charge is 2.36. The van der Waals surface area contributed by atoms with E-state index in [0.717, 1.165) is 31.3 Å². The van der Waals surface area contributed by atoms with Crippen LogP contribution in [0.3, 0.4) is 0 Å². The molecular weight excluding hydrogens is 577 g/mol. The zero-order valence-electron chi connectivity index (χ0n) is 23.6. The minimum absolute atomic E-state index is 0.00475. The van der Waals surface area contributed by atoms with Crippen LogP contribution in [0.2, 0.25) is 0 Å². The third kappa shape index (κ3) is 8.20. The second-order valence-corrected chi connectivity index (χ2v) is 12.4. The molecular formula is C28H37F3N4O6S. The van der Waals surface area contributed by atoms with Gasteiger partial charge < -0.3 is 19.5 Å². The molecule has 3 N–H and O–H groups in total. The van der Waals surface area contributed by atoms with E-state index in [2.05, 4.69) is 9.80 Å². The Labute approximate surface area is 243 Å². The van der Waals surface area contributed by atoms with Gasteiger partial charge in [0.1, 0.15) is 5.75 Å². The number of methoxy groups -OCH3 is 1. The van der Waals surface area contributed by atoms with Crippen LogP contribution in [0, 0.1) is 6.92 Å². The van der Waals surface area contributed by atoms with Crippen LogP contribution in [0.5, 0.6) is 5.75 Å². The first-order valence-electron chi connectivity index (χ1n) is 13.6. The molecule has 0 bridgehead atoms. The number of aryl methyl sites for hydroxylation is 1. The lowest BCUT2D eigenvalue weighted by Gasteiger charge is -2.43. The summed E-state index contributed by atoms with van der Waals surface area (Å²) in [6.07, 6.45) is -4.55. The number of nitrogens with two attached hydrogens (primary N) is 1. The van der Waals surface area contributed by atoms with Gasteiger partial charge in [0.05, 0.1) is 29.8 Å². The summed E-state index contributed by atoms with van der Waals surface area (Å²) >= 11 is 0. The predicted molar refractivity (Wildman–Crippen MR) is 149 cm³/mol. The number of amides is 1. The average molecular weight is 615 g/mol. The molecule has 2 aliphatic heterocycles. The van der Waals surface area contributed by atoms with Crippen molar-refractivity contribution in [1.29, 1.82) is 0 Å². The summed E-state index contributed by atoms with van der Waals surface area (Å²) in [7, 11) is -2.87. The first-order valence-corrected chi connectivity index (χ1v) is 15.2. The molecule has 2 atom stereocenters. The first-order chi connectivity index (χ1) is 19.7. The van der Waals surface area contributed by atoms with E-state index in [4.69, 9.17) is 14.6 Å². The van der Waals surface area contributed by atoms with Gasteiger partial charge in [-0.3, -0.25) is 14.6 Å². The van der Waals surface area contributed by atoms with Crippen LogP contribution >= 0.6 is 0 Å². The number of primary sulfonamides is 1. The van der Waals surface area contributed by atoms with Gasteiger partial charge in [0.2, 0.25) is 10.0 Å². The average Bonchev–Trinajstić information content (AvgIpc) is 2.93. The predicted octanol–water partition coefficient (Wildman–Crippen LogP) is 2.08. The maximum atomic E-state index is 13.7. The molecule has 42 heavy (non-hydrogen) atoms. The van der Waals surface area contributed by atoms with Crippen LogP contribution in [0.4, 0.5) is 13.2 Å². The SMILES string of the molecule is COCC1CN(CCN2CCN(C(=O)c3cc(C(F)(F)F)cc(S(N)(=O)=O)c3)C(Cc3ccc(C)c(O)c3)C2)CCO1. The number of piperazine rings is 1. The van der Waals surface area contributed by atoms with Crippen LogP contribution in [-0.4, -0.2) is 112 Å². The highest BCUT2D eigenvalue weighted by Crippen LogP contribution is 2.32. The van der Waals surface area contributed by atoms with Crippen molar-refractivity contribution >= 4 is 15.9 Å². The summed E-state index contributed by atoms with van der Waals surface area (Å²) in [5.74, 6) is -0.616. The van der Waals surface area contributed by atoms with Crippen LogP contribution in [-0.2, 0) is 32.1 Å². The summed E-state index contributed by atoms with van der Waals surface area (Å²) in [5.41, 5.74) is -0.230. The number of halogens is 3. The van der Waals surface area contributed by atoms with Crippen LogP contribution in [0.25, 0.3) is 0 Å². The second-order valence-electron chi connectivity index (χ2n) is 10.8. The van der Waals surface area contributed by atoms with Gasteiger partial charge in [0.15, 0.2) is 0 Å². The fraction of sp³-hybridized carbons (Fsp3) is 0.536. The van der Waals surface area contributed by atoms with E-state index in [0.29, 0.717) is 57.0 Å². The zero-order chi connectivity index (χ0) is 30.7. The van der Waals surface area contributed by atoms with Crippen LogP contribution in [0.1, 0.15) is 27.0 Å². The van der Waals surface area contributed by atoms with Crippen LogP contribution < -0.4 is 5.14 Å². The van der Waals surface area contributed by atoms with Gasteiger partial charge in [-0.15, -0.1) is 0 Å². The summed E-state index contributed by atoms with van der Waals surface area (Å²) < 4.78 is 75.7. The maximum absolute atomic E-state index is 13.7. The second kappa shape index (κ2) is 13.3. The molecule has 1 amide bonds. The molecule has 232 valence electrons. The number of alkyl halides is 3. The van der Waals surface area contributed by atoms with Crippen molar-refractivity contribution in [1.82, 2.24) is 14.7 Å². The number of phenolic OH excluding ortho intramolecular Hbond substituents is 1. The quantitative estimate of drug-likeness (QED) is 0.440. The molecule has 10 nitrogen and oxygen atoms in total. The molecule has 2 fully saturated rings. The number of sulfonamides is 1. The minimum Gasteiger partial charge on any atom is -0.508 e. The third-order valence-corrected chi connectivity index (χ3v) is 8.58. The molecule has 2 aromatic carbocycles. The Morgan fingerprint density at radius 2 is 1.81 bits per heavy atom. The molecule has 14 heteroatoms. The number of hydrogen-bond donors (Lipinski definition) is 2. The summed E-state index contributed by atoms with van der Waals surface area (Å²) in [6.45, 7) is 7.00. The molecule has 0 spiro atoms. The normalized spacial score (nSPS) is 21.0. The molecule has 0 radical (unpaired) electrons. The number of nitrogens with zero attached hydrogens (tertiary/aromatic N) is 3. The Morgan fingerprint density at radius 3 is 2.45 bits per heavy atom.